The highest BCUT2D eigenvalue weighted by atomic mass is 32.2. The van der Waals surface area contributed by atoms with E-state index in [1.807, 2.05) is 0 Å². The molecule has 2 aromatic carbocycles. The zero-order valence-electron chi connectivity index (χ0n) is 18.6. The summed E-state index contributed by atoms with van der Waals surface area (Å²) in [5.41, 5.74) is 2.60. The molecule has 0 bridgehead atoms. The molecule has 0 radical (unpaired) electrons. The van der Waals surface area contributed by atoms with E-state index in [1.54, 1.807) is 0 Å². The average Bonchev–Trinajstić information content (AvgIpc) is 2.82. The molecule has 36 heavy (non-hydrogen) atoms. The van der Waals surface area contributed by atoms with Gasteiger partial charge in [0.25, 0.3) is 5.91 Å². The van der Waals surface area contributed by atoms with E-state index in [4.69, 9.17) is 5.21 Å². The number of benzene rings is 2. The van der Waals surface area contributed by atoms with E-state index < -0.39 is 79.6 Å². The Morgan fingerprint density at radius 3 is 1.83 bits per heavy atom. The van der Waals surface area contributed by atoms with Gasteiger partial charge in [0.05, 0.1) is 16.4 Å². The molecule has 7 nitrogen and oxygen atoms in total. The Bertz CT molecular complexity index is 1310. The minimum atomic E-state index is -5.63. The summed E-state index contributed by atoms with van der Waals surface area (Å²) in [5, 5.41) is 9.12. The van der Waals surface area contributed by atoms with Crippen LogP contribution >= 0.6 is 0 Å². The van der Waals surface area contributed by atoms with Crippen molar-refractivity contribution in [3.63, 3.8) is 0 Å². The number of sulfone groups is 2. The first kappa shape index (κ1) is 28.0. The van der Waals surface area contributed by atoms with Crippen LogP contribution in [0.25, 0.3) is 11.1 Å². The minimum absolute atomic E-state index is 0.256. The normalized spacial score (nSPS) is 17.9. The van der Waals surface area contributed by atoms with Crippen LogP contribution in [-0.4, -0.2) is 56.3 Å². The monoisotopic (exact) mass is 555 g/mol. The summed E-state index contributed by atoms with van der Waals surface area (Å²) in [6, 6.07) is 11.0. The van der Waals surface area contributed by atoms with Gasteiger partial charge < -0.3 is 0 Å². The summed E-state index contributed by atoms with van der Waals surface area (Å²) in [5.74, 6) is -7.12. The number of carbonyl (C=O) groups is 1. The number of aryl methyl sites for hydroxylation is 1. The topological polar surface area (TPSA) is 118 Å². The number of nitrogens with one attached hydrogen (secondary N) is 1. The molecule has 0 atom stereocenters. The average molecular weight is 556 g/mol. The maximum atomic E-state index is 13.3. The van der Waals surface area contributed by atoms with Gasteiger partial charge in [-0.25, -0.2) is 22.3 Å². The van der Waals surface area contributed by atoms with Crippen LogP contribution in [0.4, 0.5) is 22.0 Å². The summed E-state index contributed by atoms with van der Waals surface area (Å²) in [6.07, 6.45) is -8.58. The molecule has 2 N–H and O–H groups in total. The van der Waals surface area contributed by atoms with Gasteiger partial charge in [0.1, 0.15) is 9.84 Å². The molecule has 198 valence electrons. The molecule has 1 aliphatic heterocycles. The fourth-order valence-corrected chi connectivity index (χ4v) is 7.70. The van der Waals surface area contributed by atoms with Crippen molar-refractivity contribution in [3.05, 3.63) is 54.1 Å². The standard InChI is InChI=1S/C22H22F5NO6S2/c23-21(24,22(25,26)27)10-9-15-1-3-16(4-2-15)17-5-7-18(8-6-17)36(33,34)20(19(29)28-30)11-13-35(31,32)14-12-20/h1-8,30H,9-14H2,(H,28,29). The Labute approximate surface area is 204 Å². The van der Waals surface area contributed by atoms with Gasteiger partial charge in [-0.15, -0.1) is 0 Å². The zero-order chi connectivity index (χ0) is 27.0. The highest BCUT2D eigenvalue weighted by molar-refractivity contribution is 7.94. The van der Waals surface area contributed by atoms with Crippen LogP contribution in [0.1, 0.15) is 24.8 Å². The van der Waals surface area contributed by atoms with Crippen molar-refractivity contribution in [3.8, 4) is 11.1 Å². The molecule has 0 aromatic heterocycles. The van der Waals surface area contributed by atoms with E-state index in [9.17, 15) is 43.6 Å². The van der Waals surface area contributed by atoms with Gasteiger partial charge in [-0.2, -0.15) is 22.0 Å². The van der Waals surface area contributed by atoms with Crippen LogP contribution in [0.3, 0.4) is 0 Å². The van der Waals surface area contributed by atoms with E-state index in [0.717, 1.165) is 0 Å². The maximum Gasteiger partial charge on any atom is 0.453 e. The van der Waals surface area contributed by atoms with Gasteiger partial charge in [-0.05, 0) is 48.1 Å². The molecule has 2 aromatic rings. The number of carbonyl (C=O) groups excluding carboxylic acids is 1. The van der Waals surface area contributed by atoms with Gasteiger partial charge in [-0.1, -0.05) is 36.4 Å². The molecule has 14 heteroatoms. The number of hydrogen-bond acceptors (Lipinski definition) is 6. The van der Waals surface area contributed by atoms with Crippen molar-refractivity contribution < 1.29 is 48.8 Å². The lowest BCUT2D eigenvalue weighted by Crippen LogP contribution is -2.55. The number of amides is 1. The van der Waals surface area contributed by atoms with Crippen molar-refractivity contribution >= 4 is 25.6 Å². The number of hydroxylamine groups is 1. The van der Waals surface area contributed by atoms with Gasteiger partial charge in [0, 0.05) is 6.42 Å². The first-order chi connectivity index (χ1) is 16.5. The molecule has 1 fully saturated rings. The van der Waals surface area contributed by atoms with Crippen LogP contribution in [0.5, 0.6) is 0 Å². The largest absolute Gasteiger partial charge is 0.453 e. The Morgan fingerprint density at radius 2 is 1.39 bits per heavy atom. The SMILES string of the molecule is O=C(NO)C1(S(=O)(=O)c2ccc(-c3ccc(CCC(F)(F)C(F)(F)F)cc3)cc2)CCS(=O)(=O)CC1. The van der Waals surface area contributed by atoms with Crippen LogP contribution in [0.15, 0.2) is 53.4 Å². The molecule has 1 heterocycles. The fraction of sp³-hybridized carbons (Fsp3) is 0.409. The Kier molecular flexibility index (Phi) is 7.55. The lowest BCUT2D eigenvalue weighted by Gasteiger charge is -2.34. The summed E-state index contributed by atoms with van der Waals surface area (Å²) < 4.78 is 111. The van der Waals surface area contributed by atoms with Crippen molar-refractivity contribution in [1.82, 2.24) is 5.48 Å². The molecule has 0 unspecified atom stereocenters. The smallest absolute Gasteiger partial charge is 0.289 e. The van der Waals surface area contributed by atoms with Crippen LogP contribution in [0, 0.1) is 0 Å². The van der Waals surface area contributed by atoms with Crippen LogP contribution in [-0.2, 0) is 30.9 Å². The molecule has 1 aliphatic rings. The Morgan fingerprint density at radius 1 is 0.917 bits per heavy atom. The summed E-state index contributed by atoms with van der Waals surface area (Å²) in [6.45, 7) is 0. The minimum Gasteiger partial charge on any atom is -0.289 e. The van der Waals surface area contributed by atoms with Gasteiger partial charge >= 0.3 is 12.1 Å². The Hall–Kier alpha value is -2.58. The molecule has 1 amide bonds. The fourth-order valence-electron chi connectivity index (χ4n) is 3.95. The predicted octanol–water partition coefficient (Wildman–Crippen LogP) is 3.71. The third kappa shape index (κ3) is 5.39. The second-order valence-electron chi connectivity index (χ2n) is 8.51. The van der Waals surface area contributed by atoms with E-state index in [0.29, 0.717) is 11.1 Å². The molecule has 3 rings (SSSR count). The number of hydrogen-bond donors (Lipinski definition) is 2. The van der Waals surface area contributed by atoms with Crippen LogP contribution in [0.2, 0.25) is 0 Å². The van der Waals surface area contributed by atoms with Crippen molar-refractivity contribution in [1.29, 1.82) is 0 Å². The number of alkyl halides is 5. The van der Waals surface area contributed by atoms with Gasteiger partial charge in [0.15, 0.2) is 14.6 Å². The first-order valence-electron chi connectivity index (χ1n) is 10.6. The highest BCUT2D eigenvalue weighted by Crippen LogP contribution is 2.39. The molecular weight excluding hydrogens is 533 g/mol. The van der Waals surface area contributed by atoms with E-state index >= 15 is 0 Å². The van der Waals surface area contributed by atoms with E-state index in [1.165, 1.54) is 54.0 Å². The summed E-state index contributed by atoms with van der Waals surface area (Å²) >= 11 is 0. The lowest BCUT2D eigenvalue weighted by molar-refractivity contribution is -0.284. The van der Waals surface area contributed by atoms with Crippen molar-refractivity contribution in [2.24, 2.45) is 0 Å². The quantitative estimate of drug-likeness (QED) is 0.306. The molecule has 0 saturated carbocycles. The highest BCUT2D eigenvalue weighted by Gasteiger charge is 2.56. The Balaban J connectivity index is 1.81. The number of halogens is 5. The summed E-state index contributed by atoms with van der Waals surface area (Å²) in [7, 11) is -7.95. The van der Waals surface area contributed by atoms with E-state index in [2.05, 4.69) is 0 Å². The zero-order valence-corrected chi connectivity index (χ0v) is 20.2. The van der Waals surface area contributed by atoms with Gasteiger partial charge in [-0.3, -0.25) is 10.0 Å². The molecule has 0 spiro atoms. The van der Waals surface area contributed by atoms with Gasteiger partial charge in [0.2, 0.25) is 0 Å². The first-order valence-corrected chi connectivity index (χ1v) is 13.9. The molecule has 0 aliphatic carbocycles. The molecule has 1 saturated heterocycles. The van der Waals surface area contributed by atoms with Crippen molar-refractivity contribution in [2.75, 3.05) is 11.5 Å². The third-order valence-corrected chi connectivity index (χ3v) is 10.4. The van der Waals surface area contributed by atoms with Crippen molar-refractivity contribution in [2.45, 2.75) is 47.4 Å². The van der Waals surface area contributed by atoms with E-state index in [-0.39, 0.29) is 10.5 Å². The maximum absolute atomic E-state index is 13.3. The number of rotatable bonds is 7. The second kappa shape index (κ2) is 9.71. The predicted molar refractivity (Wildman–Crippen MR) is 119 cm³/mol. The van der Waals surface area contributed by atoms with Crippen LogP contribution < -0.4 is 5.48 Å². The lowest BCUT2D eigenvalue weighted by atomic mass is 10.0. The summed E-state index contributed by atoms with van der Waals surface area (Å²) in [4.78, 5) is 12.1. The molecular formula is C22H22F5NO6S2. The third-order valence-electron chi connectivity index (χ3n) is 6.26. The second-order valence-corrected chi connectivity index (χ2v) is 13.1.